The van der Waals surface area contributed by atoms with Gasteiger partial charge in [-0.1, -0.05) is 23.2 Å². The van der Waals surface area contributed by atoms with Crippen molar-refractivity contribution in [3.05, 3.63) is 44.3 Å². The van der Waals surface area contributed by atoms with E-state index in [4.69, 9.17) is 27.9 Å². The summed E-state index contributed by atoms with van der Waals surface area (Å²) in [5.74, 6) is 0.828. The maximum atomic E-state index is 5.86. The maximum absolute atomic E-state index is 5.86. The lowest BCUT2D eigenvalue weighted by Crippen LogP contribution is -1.94. The lowest BCUT2D eigenvalue weighted by Gasteiger charge is -2.07. The molecule has 0 atom stereocenters. The van der Waals surface area contributed by atoms with Crippen LogP contribution in [0, 0.1) is 6.92 Å². The first-order valence-electron chi connectivity index (χ1n) is 4.64. The molecule has 0 spiro atoms. The molecule has 2 rings (SSSR count). The zero-order valence-electron chi connectivity index (χ0n) is 8.54. The SMILES string of the molecule is Cc1cc(Cl)ccc1OCc1cnc(Cl)s1. The molecule has 1 aromatic heterocycles. The summed E-state index contributed by atoms with van der Waals surface area (Å²) in [5.41, 5.74) is 1.02. The van der Waals surface area contributed by atoms with Gasteiger partial charge in [-0.2, -0.15) is 0 Å². The lowest BCUT2D eigenvalue weighted by molar-refractivity contribution is 0.307. The summed E-state index contributed by atoms with van der Waals surface area (Å²) >= 11 is 13.0. The van der Waals surface area contributed by atoms with Crippen molar-refractivity contribution >= 4 is 34.5 Å². The first-order chi connectivity index (χ1) is 7.65. The van der Waals surface area contributed by atoms with Gasteiger partial charge in [0.05, 0.1) is 4.88 Å². The van der Waals surface area contributed by atoms with Gasteiger partial charge in [0, 0.05) is 11.2 Å². The molecule has 2 nitrogen and oxygen atoms in total. The molecular weight excluding hydrogens is 265 g/mol. The molecule has 0 saturated carbocycles. The summed E-state index contributed by atoms with van der Waals surface area (Å²) in [4.78, 5) is 4.95. The number of benzene rings is 1. The molecule has 0 fully saturated rings. The Morgan fingerprint density at radius 3 is 2.81 bits per heavy atom. The normalized spacial score (nSPS) is 10.4. The van der Waals surface area contributed by atoms with Crippen LogP contribution < -0.4 is 4.74 Å². The highest BCUT2D eigenvalue weighted by atomic mass is 35.5. The van der Waals surface area contributed by atoms with Crippen molar-refractivity contribution in [3.8, 4) is 5.75 Å². The fraction of sp³-hybridized carbons (Fsp3) is 0.182. The van der Waals surface area contributed by atoms with E-state index < -0.39 is 0 Å². The van der Waals surface area contributed by atoms with Crippen LogP contribution in [0.5, 0.6) is 5.75 Å². The van der Waals surface area contributed by atoms with Gasteiger partial charge in [-0.05, 0) is 30.7 Å². The van der Waals surface area contributed by atoms with Crippen molar-refractivity contribution in [2.24, 2.45) is 0 Å². The van der Waals surface area contributed by atoms with Crippen molar-refractivity contribution in [2.45, 2.75) is 13.5 Å². The Labute approximate surface area is 108 Å². The van der Waals surface area contributed by atoms with Crippen molar-refractivity contribution in [3.63, 3.8) is 0 Å². The van der Waals surface area contributed by atoms with Crippen LogP contribution in [0.3, 0.4) is 0 Å². The van der Waals surface area contributed by atoms with Gasteiger partial charge < -0.3 is 4.74 Å². The third kappa shape index (κ3) is 2.88. The highest BCUT2D eigenvalue weighted by molar-refractivity contribution is 7.15. The minimum atomic E-state index is 0.479. The van der Waals surface area contributed by atoms with Gasteiger partial charge >= 0.3 is 0 Å². The smallest absolute Gasteiger partial charge is 0.183 e. The van der Waals surface area contributed by atoms with E-state index in [1.54, 1.807) is 6.20 Å². The molecule has 0 unspecified atom stereocenters. The Balaban J connectivity index is 2.04. The summed E-state index contributed by atoms with van der Waals surface area (Å²) in [6, 6.07) is 5.54. The number of halogens is 2. The number of rotatable bonds is 3. The summed E-state index contributed by atoms with van der Waals surface area (Å²) in [7, 11) is 0. The number of aromatic nitrogens is 1. The Hall–Kier alpha value is -0.770. The largest absolute Gasteiger partial charge is 0.488 e. The number of hydrogen-bond donors (Lipinski definition) is 0. The molecule has 0 aliphatic heterocycles. The molecule has 16 heavy (non-hydrogen) atoms. The maximum Gasteiger partial charge on any atom is 0.183 e. The third-order valence-corrected chi connectivity index (χ3v) is 3.36. The van der Waals surface area contributed by atoms with E-state index in [1.807, 2.05) is 25.1 Å². The van der Waals surface area contributed by atoms with E-state index in [-0.39, 0.29) is 0 Å². The molecular formula is C11H9Cl2NOS. The second-order valence-electron chi connectivity index (χ2n) is 3.28. The van der Waals surface area contributed by atoms with E-state index in [0.29, 0.717) is 16.1 Å². The number of ether oxygens (including phenoxy) is 1. The third-order valence-electron chi connectivity index (χ3n) is 2.03. The van der Waals surface area contributed by atoms with Crippen molar-refractivity contribution in [1.82, 2.24) is 4.98 Å². The van der Waals surface area contributed by atoms with Crippen molar-refractivity contribution in [2.75, 3.05) is 0 Å². The van der Waals surface area contributed by atoms with E-state index in [2.05, 4.69) is 4.98 Å². The molecule has 2 aromatic rings. The molecule has 5 heteroatoms. The van der Waals surface area contributed by atoms with Gasteiger partial charge in [0.2, 0.25) is 0 Å². The molecule has 0 aliphatic rings. The minimum Gasteiger partial charge on any atom is -0.488 e. The zero-order chi connectivity index (χ0) is 11.5. The number of nitrogens with zero attached hydrogens (tertiary/aromatic N) is 1. The first kappa shape index (κ1) is 11.7. The molecule has 0 radical (unpaired) electrons. The second kappa shape index (κ2) is 5.04. The average molecular weight is 274 g/mol. The summed E-state index contributed by atoms with van der Waals surface area (Å²) in [5, 5.41) is 0.714. The average Bonchev–Trinajstić information content (AvgIpc) is 2.63. The molecule has 0 N–H and O–H groups in total. The zero-order valence-corrected chi connectivity index (χ0v) is 10.9. The Morgan fingerprint density at radius 2 is 2.19 bits per heavy atom. The predicted molar refractivity (Wildman–Crippen MR) is 67.6 cm³/mol. The highest BCUT2D eigenvalue weighted by Gasteiger charge is 2.03. The standard InChI is InChI=1S/C11H9Cl2NOS/c1-7-4-8(12)2-3-10(7)15-6-9-5-14-11(13)16-9/h2-5H,6H2,1H3. The fourth-order valence-corrected chi connectivity index (χ4v) is 2.39. The van der Waals surface area contributed by atoms with E-state index >= 15 is 0 Å². The second-order valence-corrected chi connectivity index (χ2v) is 5.41. The van der Waals surface area contributed by atoms with Gasteiger partial charge in [-0.15, -0.1) is 11.3 Å². The van der Waals surface area contributed by atoms with Gasteiger partial charge in [-0.3, -0.25) is 0 Å². The fourth-order valence-electron chi connectivity index (χ4n) is 1.27. The molecule has 1 aromatic carbocycles. The van der Waals surface area contributed by atoms with Crippen LogP contribution in [0.2, 0.25) is 9.49 Å². The summed E-state index contributed by atoms with van der Waals surface area (Å²) in [6.07, 6.45) is 1.72. The molecule has 1 heterocycles. The Morgan fingerprint density at radius 1 is 1.38 bits per heavy atom. The van der Waals surface area contributed by atoms with Crippen LogP contribution >= 0.6 is 34.5 Å². The van der Waals surface area contributed by atoms with Crippen molar-refractivity contribution < 1.29 is 4.74 Å². The molecule has 84 valence electrons. The molecule has 0 amide bonds. The minimum absolute atomic E-state index is 0.479. The van der Waals surface area contributed by atoms with Crippen LogP contribution in [0.4, 0.5) is 0 Å². The lowest BCUT2D eigenvalue weighted by atomic mass is 10.2. The van der Waals surface area contributed by atoms with Crippen LogP contribution in [-0.4, -0.2) is 4.98 Å². The molecule has 0 saturated heterocycles. The summed E-state index contributed by atoms with van der Waals surface area (Å²) in [6.45, 7) is 2.44. The molecule has 0 aliphatic carbocycles. The molecule has 0 bridgehead atoms. The van der Waals surface area contributed by atoms with E-state index in [0.717, 1.165) is 16.2 Å². The van der Waals surface area contributed by atoms with E-state index in [9.17, 15) is 0 Å². The van der Waals surface area contributed by atoms with Crippen LogP contribution in [0.1, 0.15) is 10.4 Å². The number of thiazole rings is 1. The number of hydrogen-bond acceptors (Lipinski definition) is 3. The Bertz CT molecular complexity index is 498. The monoisotopic (exact) mass is 273 g/mol. The van der Waals surface area contributed by atoms with E-state index in [1.165, 1.54) is 11.3 Å². The topological polar surface area (TPSA) is 22.1 Å². The van der Waals surface area contributed by atoms with Crippen LogP contribution in [0.15, 0.2) is 24.4 Å². The van der Waals surface area contributed by atoms with Gasteiger partial charge in [0.25, 0.3) is 0 Å². The van der Waals surface area contributed by atoms with Crippen LogP contribution in [-0.2, 0) is 6.61 Å². The predicted octanol–water partition coefficient (Wildman–Crippen LogP) is 4.34. The number of aryl methyl sites for hydroxylation is 1. The quantitative estimate of drug-likeness (QED) is 0.830. The van der Waals surface area contributed by atoms with Crippen molar-refractivity contribution in [1.29, 1.82) is 0 Å². The Kier molecular flexibility index (Phi) is 3.69. The van der Waals surface area contributed by atoms with Gasteiger partial charge in [0.1, 0.15) is 12.4 Å². The van der Waals surface area contributed by atoms with Gasteiger partial charge in [0.15, 0.2) is 4.47 Å². The summed E-state index contributed by atoms with van der Waals surface area (Å²) < 4.78 is 6.18. The highest BCUT2D eigenvalue weighted by Crippen LogP contribution is 2.24. The first-order valence-corrected chi connectivity index (χ1v) is 6.21. The van der Waals surface area contributed by atoms with Crippen LogP contribution in [0.25, 0.3) is 0 Å². The van der Waals surface area contributed by atoms with Gasteiger partial charge in [-0.25, -0.2) is 4.98 Å².